The number of anilines is 2. The topological polar surface area (TPSA) is 91.5 Å². The van der Waals surface area contributed by atoms with E-state index in [0.717, 1.165) is 43.1 Å². The zero-order chi connectivity index (χ0) is 21.4. The molecular weight excluding hydrogens is 414 g/mol. The molecule has 1 saturated heterocycles. The van der Waals surface area contributed by atoms with Crippen LogP contribution in [0.3, 0.4) is 0 Å². The molecule has 4 heterocycles. The molecule has 1 aromatic carbocycles. The second kappa shape index (κ2) is 8.14. The third kappa shape index (κ3) is 3.58. The Kier molecular flexibility index (Phi) is 5.18. The molecule has 1 aliphatic heterocycles. The molecule has 160 valence electrons. The zero-order valence-corrected chi connectivity index (χ0v) is 17.9. The van der Waals surface area contributed by atoms with Crippen molar-refractivity contribution >= 4 is 33.7 Å². The van der Waals surface area contributed by atoms with Crippen LogP contribution in [0.4, 0.5) is 11.4 Å². The van der Waals surface area contributed by atoms with Crippen molar-refractivity contribution in [3.05, 3.63) is 63.5 Å². The average Bonchev–Trinajstić information content (AvgIpc) is 3.42. The predicted octanol–water partition coefficient (Wildman–Crippen LogP) is 1.76. The lowest BCUT2D eigenvalue weighted by molar-refractivity contribution is 0.280. The van der Waals surface area contributed by atoms with E-state index < -0.39 is 0 Å². The number of nitrogens with one attached hydrogen (secondary N) is 1. The number of aliphatic hydroxyl groups is 1. The first kappa shape index (κ1) is 19.7. The Morgan fingerprint density at radius 1 is 1.19 bits per heavy atom. The number of aromatic nitrogens is 4. The van der Waals surface area contributed by atoms with Gasteiger partial charge in [-0.3, -0.25) is 10.2 Å². The van der Waals surface area contributed by atoms with Crippen LogP contribution in [0.1, 0.15) is 5.56 Å². The fourth-order valence-corrected chi connectivity index (χ4v) is 4.53. The number of fused-ring (bicyclic) bond motifs is 1. The molecule has 1 aliphatic rings. The van der Waals surface area contributed by atoms with Crippen molar-refractivity contribution in [3.63, 3.8) is 0 Å². The van der Waals surface area contributed by atoms with Gasteiger partial charge in [-0.2, -0.15) is 11.3 Å². The molecule has 0 atom stereocenters. The minimum absolute atomic E-state index is 0.0783. The summed E-state index contributed by atoms with van der Waals surface area (Å²) in [5.74, 6) is 0. The monoisotopic (exact) mass is 437 g/mol. The van der Waals surface area contributed by atoms with Crippen molar-refractivity contribution < 1.29 is 5.11 Å². The summed E-state index contributed by atoms with van der Waals surface area (Å²) in [7, 11) is 2.12. The molecule has 0 unspecified atom stereocenters. The van der Waals surface area contributed by atoms with E-state index in [9.17, 15) is 9.90 Å². The molecule has 0 spiro atoms. The van der Waals surface area contributed by atoms with Crippen molar-refractivity contribution in [2.24, 2.45) is 0 Å². The molecule has 2 N–H and O–H groups in total. The van der Waals surface area contributed by atoms with Crippen molar-refractivity contribution in [2.75, 3.05) is 43.6 Å². The number of likely N-dealkylation sites (N-methyl/N-ethyl adjacent to an activating group) is 1. The predicted molar refractivity (Wildman–Crippen MR) is 122 cm³/mol. The van der Waals surface area contributed by atoms with Crippen molar-refractivity contribution in [3.8, 4) is 5.69 Å². The van der Waals surface area contributed by atoms with Gasteiger partial charge in [0, 0.05) is 49.0 Å². The van der Waals surface area contributed by atoms with E-state index in [-0.39, 0.29) is 12.2 Å². The minimum atomic E-state index is -0.240. The van der Waals surface area contributed by atoms with E-state index >= 15 is 0 Å². The quantitative estimate of drug-likeness (QED) is 0.492. The Labute approximate surface area is 182 Å². The fraction of sp³-hybridized carbons (Fsp3) is 0.286. The number of aliphatic hydroxyl groups excluding tert-OH is 1. The molecule has 0 saturated carbocycles. The van der Waals surface area contributed by atoms with Gasteiger partial charge in [-0.15, -0.1) is 4.79 Å². The second-order valence-electron chi connectivity index (χ2n) is 7.57. The van der Waals surface area contributed by atoms with Gasteiger partial charge in [0.05, 0.1) is 18.0 Å². The van der Waals surface area contributed by atoms with Crippen LogP contribution < -0.4 is 15.9 Å². The second-order valence-corrected chi connectivity index (χ2v) is 8.35. The summed E-state index contributed by atoms with van der Waals surface area (Å²) in [4.78, 5) is 27.4. The molecule has 3 aromatic heterocycles. The summed E-state index contributed by atoms with van der Waals surface area (Å²) in [5, 5.41) is 14.3. The summed E-state index contributed by atoms with van der Waals surface area (Å²) in [6, 6.07) is 7.75. The largest absolute Gasteiger partial charge is 0.392 e. The number of hydrogen-bond donors (Lipinski definition) is 2. The van der Waals surface area contributed by atoms with Gasteiger partial charge in [0.2, 0.25) is 0 Å². The van der Waals surface area contributed by atoms with Crippen molar-refractivity contribution in [1.29, 1.82) is 0 Å². The Balaban J connectivity index is 1.54. The number of hydrogen-bond acceptors (Lipinski definition) is 8. The van der Waals surface area contributed by atoms with Crippen molar-refractivity contribution in [2.45, 2.75) is 6.61 Å². The summed E-state index contributed by atoms with van der Waals surface area (Å²) in [6.07, 6.45) is 2.96. The molecule has 9 nitrogen and oxygen atoms in total. The smallest absolute Gasteiger partial charge is 0.297 e. The van der Waals surface area contributed by atoms with Gasteiger partial charge in [-0.25, -0.2) is 14.6 Å². The fourth-order valence-electron chi connectivity index (χ4n) is 3.92. The van der Waals surface area contributed by atoms with Crippen molar-refractivity contribution in [1.82, 2.24) is 24.3 Å². The van der Waals surface area contributed by atoms with Gasteiger partial charge >= 0.3 is 0 Å². The molecule has 31 heavy (non-hydrogen) atoms. The average molecular weight is 438 g/mol. The zero-order valence-electron chi connectivity index (χ0n) is 17.1. The Hall–Kier alpha value is -3.21. The lowest BCUT2D eigenvalue weighted by Gasteiger charge is -2.35. The lowest BCUT2D eigenvalue weighted by atomic mass is 10.1. The maximum Gasteiger partial charge on any atom is 0.297 e. The van der Waals surface area contributed by atoms with Crippen LogP contribution in [0.15, 0.2) is 52.3 Å². The molecule has 0 radical (unpaired) electrons. The third-order valence-electron chi connectivity index (χ3n) is 5.59. The SMILES string of the molecule is CN1CCN(c2ccc(Nn3c(=O)c4cncnc4n3-c3ccsc3)cc2CO)CC1. The number of nitrogens with zero attached hydrogens (tertiary/aromatic N) is 6. The molecule has 0 amide bonds. The maximum absolute atomic E-state index is 13.1. The molecule has 5 rings (SSSR count). The van der Waals surface area contributed by atoms with Gasteiger partial charge in [0.15, 0.2) is 5.65 Å². The van der Waals surface area contributed by atoms with Crippen LogP contribution in [-0.4, -0.2) is 62.7 Å². The van der Waals surface area contributed by atoms with Crippen LogP contribution in [-0.2, 0) is 6.61 Å². The summed E-state index contributed by atoms with van der Waals surface area (Å²) in [6.45, 7) is 3.73. The normalized spacial score (nSPS) is 15.0. The summed E-state index contributed by atoms with van der Waals surface area (Å²) >= 11 is 1.54. The Bertz CT molecular complexity index is 1260. The van der Waals surface area contributed by atoms with E-state index in [2.05, 4.69) is 32.2 Å². The van der Waals surface area contributed by atoms with E-state index in [1.54, 1.807) is 16.0 Å². The van der Waals surface area contributed by atoms with Gasteiger partial charge in [0.25, 0.3) is 5.56 Å². The molecule has 10 heteroatoms. The highest BCUT2D eigenvalue weighted by Crippen LogP contribution is 2.26. The molecule has 0 bridgehead atoms. The summed E-state index contributed by atoms with van der Waals surface area (Å²) < 4.78 is 1.74. The van der Waals surface area contributed by atoms with E-state index in [1.807, 2.05) is 35.0 Å². The molecule has 1 fully saturated rings. The lowest BCUT2D eigenvalue weighted by Crippen LogP contribution is -2.44. The summed E-state index contributed by atoms with van der Waals surface area (Å²) in [5.41, 5.74) is 6.87. The maximum atomic E-state index is 13.1. The highest BCUT2D eigenvalue weighted by molar-refractivity contribution is 7.08. The van der Waals surface area contributed by atoms with Gasteiger partial charge in [0.1, 0.15) is 11.7 Å². The number of piperazine rings is 1. The van der Waals surface area contributed by atoms with E-state index in [0.29, 0.717) is 16.7 Å². The molecular formula is C21H23N7O2S. The van der Waals surface area contributed by atoms with Gasteiger partial charge < -0.3 is 14.9 Å². The van der Waals surface area contributed by atoms with Gasteiger partial charge in [-0.1, -0.05) is 0 Å². The van der Waals surface area contributed by atoms with Crippen LogP contribution in [0, 0.1) is 0 Å². The highest BCUT2D eigenvalue weighted by atomic mass is 32.1. The molecule has 4 aromatic rings. The first-order valence-corrected chi connectivity index (χ1v) is 11.0. The third-order valence-corrected chi connectivity index (χ3v) is 6.26. The van der Waals surface area contributed by atoms with Gasteiger partial charge in [-0.05, 0) is 36.7 Å². The number of rotatable bonds is 5. The number of benzene rings is 1. The van der Waals surface area contributed by atoms with Crippen LogP contribution in [0.25, 0.3) is 16.7 Å². The standard InChI is InChI=1S/C21H23N7O2S/c1-25-5-7-26(8-6-25)19-3-2-16(10-15(19)12-29)24-28-21(30)18-11-22-14-23-20(18)27(28)17-4-9-31-13-17/h2-4,9-11,13-14,24,29H,5-8,12H2,1H3. The van der Waals surface area contributed by atoms with Crippen LogP contribution in [0.2, 0.25) is 0 Å². The Morgan fingerprint density at radius 3 is 2.77 bits per heavy atom. The minimum Gasteiger partial charge on any atom is -0.392 e. The first-order valence-electron chi connectivity index (χ1n) is 10.1. The highest BCUT2D eigenvalue weighted by Gasteiger charge is 2.19. The Morgan fingerprint density at radius 2 is 2.03 bits per heavy atom. The first-order chi connectivity index (χ1) is 15.2. The molecule has 0 aliphatic carbocycles. The van der Waals surface area contributed by atoms with Crippen LogP contribution in [0.5, 0.6) is 0 Å². The number of thiophene rings is 1. The van der Waals surface area contributed by atoms with E-state index in [1.165, 1.54) is 17.3 Å². The van der Waals surface area contributed by atoms with Crippen LogP contribution >= 0.6 is 11.3 Å². The van der Waals surface area contributed by atoms with E-state index in [4.69, 9.17) is 0 Å².